The van der Waals surface area contributed by atoms with Crippen molar-refractivity contribution < 1.29 is 31.6 Å². The Bertz CT molecular complexity index is 1300. The largest absolute Gasteiger partial charge is 0.401 e. The fourth-order valence-electron chi connectivity index (χ4n) is 5.47. The lowest BCUT2D eigenvalue weighted by Gasteiger charge is -2.31. The Morgan fingerprint density at radius 1 is 1.12 bits per heavy atom. The van der Waals surface area contributed by atoms with Crippen LogP contribution in [0, 0.1) is 5.82 Å². The van der Waals surface area contributed by atoms with E-state index >= 15 is 13.2 Å². The summed E-state index contributed by atoms with van der Waals surface area (Å²) in [6.45, 7) is 5.58. The van der Waals surface area contributed by atoms with Gasteiger partial charge in [-0.25, -0.2) is 4.39 Å². The Kier molecular flexibility index (Phi) is 11.5. The van der Waals surface area contributed by atoms with E-state index in [0.717, 1.165) is 43.9 Å². The number of fused-ring (bicyclic) bond motifs is 1. The number of hydrogen-bond acceptors (Lipinski definition) is 6. The normalized spacial score (nSPS) is 15.0. The maximum atomic E-state index is 15.3. The second kappa shape index (κ2) is 14.2. The molecule has 8 nitrogen and oxygen atoms in total. The van der Waals surface area contributed by atoms with Gasteiger partial charge in [0.2, 0.25) is 5.91 Å². The van der Waals surface area contributed by atoms with Crippen molar-refractivity contribution in [3.05, 3.63) is 39.9 Å². The van der Waals surface area contributed by atoms with Gasteiger partial charge in [0.25, 0.3) is 0 Å². The predicted octanol–water partition coefficient (Wildman–Crippen LogP) is 7.45. The van der Waals surface area contributed by atoms with Crippen molar-refractivity contribution in [3.8, 4) is 0 Å². The number of aromatic nitrogens is 1. The molecular formula is C29H43F3N3O5P. The number of carbonyl (C=O) groups excluding carboxylic acids is 1. The maximum absolute atomic E-state index is 15.3. The zero-order valence-electron chi connectivity index (χ0n) is 24.7. The van der Waals surface area contributed by atoms with Gasteiger partial charge in [-0.05, 0) is 51.7 Å². The minimum absolute atomic E-state index is 0.0467. The number of carbonyl (C=O) groups is 1. The van der Waals surface area contributed by atoms with Gasteiger partial charge in [-0.3, -0.25) is 14.2 Å². The molecule has 1 N–H and O–H groups in total. The van der Waals surface area contributed by atoms with Gasteiger partial charge in [0, 0.05) is 36.2 Å². The molecule has 1 fully saturated rings. The summed E-state index contributed by atoms with van der Waals surface area (Å²) >= 11 is 0. The minimum Gasteiger partial charge on any atom is -0.380 e. The van der Waals surface area contributed by atoms with Crippen molar-refractivity contribution in [2.75, 3.05) is 25.1 Å². The van der Waals surface area contributed by atoms with Crippen LogP contribution in [0.5, 0.6) is 0 Å². The molecule has 1 aliphatic carbocycles. The summed E-state index contributed by atoms with van der Waals surface area (Å²) in [5.74, 6) is -1.33. The molecule has 230 valence electrons. The first-order valence-corrected chi connectivity index (χ1v) is 16.1. The molecule has 0 unspecified atom stereocenters. The first kappa shape index (κ1) is 33.1. The molecule has 1 heterocycles. The van der Waals surface area contributed by atoms with Gasteiger partial charge in [-0.1, -0.05) is 33.1 Å². The predicted molar refractivity (Wildman–Crippen MR) is 155 cm³/mol. The first-order chi connectivity index (χ1) is 19.4. The highest BCUT2D eigenvalue weighted by Crippen LogP contribution is 2.62. The lowest BCUT2D eigenvalue weighted by Crippen LogP contribution is -2.41. The quantitative estimate of drug-likeness (QED) is 0.226. The van der Waals surface area contributed by atoms with Crippen molar-refractivity contribution in [2.45, 2.75) is 104 Å². The molecule has 1 aromatic carbocycles. The van der Waals surface area contributed by atoms with Crippen LogP contribution in [-0.2, 0) is 25.0 Å². The molecule has 0 bridgehead atoms. The van der Waals surface area contributed by atoms with Gasteiger partial charge in [0.15, 0.2) is 5.43 Å². The van der Waals surface area contributed by atoms with Crippen LogP contribution in [0.25, 0.3) is 10.9 Å². The van der Waals surface area contributed by atoms with Crippen molar-refractivity contribution in [1.82, 2.24) is 9.47 Å². The molecule has 2 aromatic rings. The fraction of sp³-hybridized carbons (Fsp3) is 0.655. The van der Waals surface area contributed by atoms with E-state index in [1.165, 1.54) is 19.9 Å². The Morgan fingerprint density at radius 3 is 2.27 bits per heavy atom. The number of nitrogens with zero attached hydrogens (tertiary/aromatic N) is 2. The number of amides is 1. The van der Waals surface area contributed by atoms with Gasteiger partial charge >= 0.3 is 13.3 Å². The van der Waals surface area contributed by atoms with Crippen molar-refractivity contribution in [1.29, 1.82) is 0 Å². The average molecular weight is 602 g/mol. The first-order valence-electron chi connectivity index (χ1n) is 14.6. The van der Waals surface area contributed by atoms with E-state index in [1.807, 2.05) is 18.4 Å². The number of pyridine rings is 1. The van der Waals surface area contributed by atoms with E-state index < -0.39 is 43.5 Å². The highest BCUT2D eigenvalue weighted by molar-refractivity contribution is 7.55. The maximum Gasteiger partial charge on any atom is 0.401 e. The van der Waals surface area contributed by atoms with Crippen LogP contribution < -0.4 is 10.7 Å². The third-order valence-corrected chi connectivity index (χ3v) is 9.82. The summed E-state index contributed by atoms with van der Waals surface area (Å²) in [7, 11) is -4.90. The van der Waals surface area contributed by atoms with Gasteiger partial charge in [0.1, 0.15) is 5.82 Å². The van der Waals surface area contributed by atoms with Gasteiger partial charge < -0.3 is 23.8 Å². The van der Waals surface area contributed by atoms with Gasteiger partial charge in [-0.2, -0.15) is 8.78 Å². The van der Waals surface area contributed by atoms with Crippen LogP contribution in [0.1, 0.15) is 91.2 Å². The molecule has 0 aliphatic heterocycles. The van der Waals surface area contributed by atoms with Crippen LogP contribution in [0.2, 0.25) is 0 Å². The second-order valence-corrected chi connectivity index (χ2v) is 12.7. The van der Waals surface area contributed by atoms with Crippen molar-refractivity contribution >= 4 is 30.1 Å². The molecule has 0 atom stereocenters. The highest BCUT2D eigenvalue weighted by Gasteiger charge is 2.54. The third-order valence-electron chi connectivity index (χ3n) is 7.68. The van der Waals surface area contributed by atoms with Crippen LogP contribution >= 0.6 is 7.60 Å². The smallest absolute Gasteiger partial charge is 0.380 e. The Balaban J connectivity index is 2.07. The summed E-state index contributed by atoms with van der Waals surface area (Å²) in [4.78, 5) is 26.9. The average Bonchev–Trinajstić information content (AvgIpc) is 2.92. The number of anilines is 1. The number of hydrogen-bond donors (Lipinski definition) is 1. The van der Waals surface area contributed by atoms with Crippen LogP contribution in [0.15, 0.2) is 23.1 Å². The summed E-state index contributed by atoms with van der Waals surface area (Å²) < 4.78 is 70.3. The number of alkyl halides is 2. The minimum atomic E-state index is -4.90. The van der Waals surface area contributed by atoms with Crippen LogP contribution in [-0.4, -0.2) is 46.8 Å². The van der Waals surface area contributed by atoms with E-state index in [-0.39, 0.29) is 36.2 Å². The van der Waals surface area contributed by atoms with E-state index in [0.29, 0.717) is 24.0 Å². The standard InChI is InChI=1S/C29H43F3N3O5P/c1-6-23(7-2)35-18-21(17-34(20(5)36)19-29(31,32)41(38,39-8-3)40-9-4)28(37)24-15-25(30)26(16-27(24)35)33-22-13-11-10-12-14-22/h15-16,18,22-23,33H,6-14,17,19H2,1-5H3. The summed E-state index contributed by atoms with van der Waals surface area (Å²) in [5, 5.41) is 3.41. The van der Waals surface area contributed by atoms with Gasteiger partial charge in [-0.15, -0.1) is 0 Å². The van der Waals surface area contributed by atoms with Gasteiger partial charge in [0.05, 0.1) is 37.5 Å². The highest BCUT2D eigenvalue weighted by atomic mass is 31.2. The Hall–Kier alpha value is -2.36. The number of benzene rings is 1. The van der Waals surface area contributed by atoms with E-state index in [4.69, 9.17) is 9.05 Å². The molecule has 1 aliphatic rings. The summed E-state index contributed by atoms with van der Waals surface area (Å²) in [6.07, 6.45) is 8.18. The zero-order chi connectivity index (χ0) is 30.4. The van der Waals surface area contributed by atoms with E-state index in [1.54, 1.807) is 12.3 Å². The molecule has 0 radical (unpaired) electrons. The summed E-state index contributed by atoms with van der Waals surface area (Å²) in [6, 6.07) is 2.93. The SMILES string of the molecule is CCOP(=O)(OCC)C(F)(F)CN(Cc1cn(C(CC)CC)c2cc(NC3CCCCC3)c(F)cc2c1=O)C(C)=O. The number of halogens is 3. The Morgan fingerprint density at radius 2 is 1.73 bits per heavy atom. The Labute approximate surface area is 240 Å². The molecule has 0 saturated heterocycles. The molecule has 12 heteroatoms. The lowest BCUT2D eigenvalue weighted by molar-refractivity contribution is -0.132. The van der Waals surface area contributed by atoms with Crippen molar-refractivity contribution in [2.24, 2.45) is 0 Å². The van der Waals surface area contributed by atoms with E-state index in [2.05, 4.69) is 5.32 Å². The molecule has 3 rings (SSSR count). The molecule has 1 aromatic heterocycles. The topological polar surface area (TPSA) is 89.9 Å². The molecule has 1 saturated carbocycles. The monoisotopic (exact) mass is 601 g/mol. The summed E-state index contributed by atoms with van der Waals surface area (Å²) in [5.41, 5.74) is -3.68. The fourth-order valence-corrected chi connectivity index (χ4v) is 6.94. The molecule has 0 spiro atoms. The number of nitrogens with one attached hydrogen (secondary N) is 1. The lowest BCUT2D eigenvalue weighted by atomic mass is 9.95. The molecular weight excluding hydrogens is 558 g/mol. The molecule has 41 heavy (non-hydrogen) atoms. The van der Waals surface area contributed by atoms with Crippen LogP contribution in [0.3, 0.4) is 0 Å². The van der Waals surface area contributed by atoms with E-state index in [9.17, 15) is 14.2 Å². The molecule has 1 amide bonds. The second-order valence-electron chi connectivity index (χ2n) is 10.6. The third kappa shape index (κ3) is 7.54. The van der Waals surface area contributed by atoms with Crippen LogP contribution in [0.4, 0.5) is 18.9 Å². The van der Waals surface area contributed by atoms with Crippen molar-refractivity contribution in [3.63, 3.8) is 0 Å². The number of rotatable bonds is 14. The zero-order valence-corrected chi connectivity index (χ0v) is 25.6.